The number of halogens is 2. The van der Waals surface area contributed by atoms with Crippen LogP contribution in [-0.4, -0.2) is 30.3 Å². The molecule has 1 aromatic rings. The van der Waals surface area contributed by atoms with E-state index in [0.29, 0.717) is 13.1 Å². The summed E-state index contributed by atoms with van der Waals surface area (Å²) in [7, 11) is 0. The molecule has 0 atom stereocenters. The minimum atomic E-state index is -0.641. The Hall–Kier alpha value is -1.46. The number of hydrogen-bond acceptors (Lipinski definition) is 3. The lowest BCUT2D eigenvalue weighted by Crippen LogP contribution is -2.42. The van der Waals surface area contributed by atoms with Gasteiger partial charge < -0.3 is 10.2 Å². The zero-order valence-electron chi connectivity index (χ0n) is 11.6. The summed E-state index contributed by atoms with van der Waals surface area (Å²) < 4.78 is 13.5. The maximum atomic E-state index is 13.5. The molecule has 0 spiro atoms. The molecule has 1 heterocycles. The Morgan fingerprint density at radius 3 is 2.55 bits per heavy atom. The van der Waals surface area contributed by atoms with Crippen LogP contribution in [0.25, 0.3) is 0 Å². The number of anilines is 1. The van der Waals surface area contributed by atoms with E-state index >= 15 is 0 Å². The largest absolute Gasteiger partial charge is 0.310 e. The second-order valence-corrected chi connectivity index (χ2v) is 6.15. The van der Waals surface area contributed by atoms with E-state index in [-0.39, 0.29) is 21.8 Å². The molecule has 1 amide bonds. The fourth-order valence-corrected chi connectivity index (χ4v) is 2.22. The predicted octanol–water partition coefficient (Wildman–Crippen LogP) is 2.40. The summed E-state index contributed by atoms with van der Waals surface area (Å²) in [5.74, 6) is -1.92. The molecule has 0 aromatic heterocycles. The number of hydrogen-bond donors (Lipinski definition) is 1. The molecule has 0 unspecified atom stereocenters. The molecule has 20 heavy (non-hydrogen) atoms. The average Bonchev–Trinajstić information content (AvgIpc) is 2.54. The van der Waals surface area contributed by atoms with Gasteiger partial charge >= 0.3 is 0 Å². The van der Waals surface area contributed by atoms with Crippen LogP contribution >= 0.6 is 11.6 Å². The Morgan fingerprint density at radius 1 is 1.30 bits per heavy atom. The third-order valence-corrected chi connectivity index (χ3v) is 3.29. The van der Waals surface area contributed by atoms with Crippen molar-refractivity contribution < 1.29 is 14.0 Å². The van der Waals surface area contributed by atoms with E-state index < -0.39 is 17.5 Å². The van der Waals surface area contributed by atoms with Gasteiger partial charge in [-0.3, -0.25) is 9.59 Å². The van der Waals surface area contributed by atoms with Crippen LogP contribution in [0, 0.1) is 5.82 Å². The molecule has 1 N–H and O–H groups in total. The molecule has 0 bridgehead atoms. The summed E-state index contributed by atoms with van der Waals surface area (Å²) in [6, 6.07) is 2.35. The van der Waals surface area contributed by atoms with Gasteiger partial charge in [-0.05, 0) is 32.9 Å². The van der Waals surface area contributed by atoms with Gasteiger partial charge in [-0.1, -0.05) is 11.6 Å². The molecule has 1 aliphatic heterocycles. The van der Waals surface area contributed by atoms with Gasteiger partial charge in [0.05, 0.1) is 16.3 Å². The smallest absolute Gasteiger partial charge is 0.299 e. The van der Waals surface area contributed by atoms with Crippen LogP contribution in [0.5, 0.6) is 0 Å². The first-order chi connectivity index (χ1) is 9.20. The van der Waals surface area contributed by atoms with E-state index in [0.717, 1.165) is 6.07 Å². The van der Waals surface area contributed by atoms with Crippen LogP contribution in [0.15, 0.2) is 12.1 Å². The van der Waals surface area contributed by atoms with Crippen LogP contribution in [0.4, 0.5) is 10.1 Å². The van der Waals surface area contributed by atoms with Crippen molar-refractivity contribution in [2.75, 3.05) is 18.0 Å². The van der Waals surface area contributed by atoms with E-state index in [2.05, 4.69) is 5.32 Å². The standard InChI is InChI=1S/C14H16ClFN2O2/c1-14(2,3)17-4-5-18-11-7-10(16)9(15)6-8(11)12(19)13(18)20/h6-7,17H,4-5H2,1-3H3. The second-order valence-electron chi connectivity index (χ2n) is 5.75. The van der Waals surface area contributed by atoms with Crippen molar-refractivity contribution in [2.45, 2.75) is 26.3 Å². The number of nitrogens with one attached hydrogen (secondary N) is 1. The first-order valence-electron chi connectivity index (χ1n) is 6.31. The minimum absolute atomic E-state index is 0.0964. The fraction of sp³-hybridized carbons (Fsp3) is 0.429. The van der Waals surface area contributed by atoms with E-state index in [4.69, 9.17) is 11.6 Å². The van der Waals surface area contributed by atoms with Crippen molar-refractivity contribution in [3.05, 3.63) is 28.5 Å². The van der Waals surface area contributed by atoms with Crippen LogP contribution in [-0.2, 0) is 4.79 Å². The Bertz CT molecular complexity index is 581. The highest BCUT2D eigenvalue weighted by Gasteiger charge is 2.36. The van der Waals surface area contributed by atoms with Gasteiger partial charge in [0.25, 0.3) is 11.7 Å². The van der Waals surface area contributed by atoms with E-state index in [1.54, 1.807) is 0 Å². The predicted molar refractivity (Wildman–Crippen MR) is 75.8 cm³/mol. The number of carbonyl (C=O) groups is 2. The Balaban J connectivity index is 2.22. The molecule has 2 rings (SSSR count). The molecule has 0 aliphatic carbocycles. The Kier molecular flexibility index (Phi) is 3.84. The average molecular weight is 299 g/mol. The second kappa shape index (κ2) is 5.14. The lowest BCUT2D eigenvalue weighted by molar-refractivity contribution is -0.114. The zero-order valence-corrected chi connectivity index (χ0v) is 12.3. The third kappa shape index (κ3) is 2.83. The summed E-state index contributed by atoms with van der Waals surface area (Å²) in [5, 5.41) is 3.06. The van der Waals surface area contributed by atoms with Crippen molar-refractivity contribution in [2.24, 2.45) is 0 Å². The van der Waals surface area contributed by atoms with Crippen LogP contribution in [0.3, 0.4) is 0 Å². The van der Waals surface area contributed by atoms with Gasteiger partial charge in [0.2, 0.25) is 0 Å². The number of ketones is 1. The lowest BCUT2D eigenvalue weighted by atomic mass is 10.1. The van der Waals surface area contributed by atoms with Gasteiger partial charge in [-0.2, -0.15) is 0 Å². The molecule has 1 aromatic carbocycles. The number of benzene rings is 1. The van der Waals surface area contributed by atoms with Crippen molar-refractivity contribution in [1.82, 2.24) is 5.32 Å². The van der Waals surface area contributed by atoms with Crippen molar-refractivity contribution in [1.29, 1.82) is 0 Å². The summed E-state index contributed by atoms with van der Waals surface area (Å²) >= 11 is 5.65. The fourth-order valence-electron chi connectivity index (χ4n) is 2.05. The maximum absolute atomic E-state index is 13.5. The topological polar surface area (TPSA) is 49.4 Å². The highest BCUT2D eigenvalue weighted by atomic mass is 35.5. The SMILES string of the molecule is CC(C)(C)NCCN1C(=O)C(=O)c2cc(Cl)c(F)cc21. The molecular weight excluding hydrogens is 283 g/mol. The van der Waals surface area contributed by atoms with Crippen molar-refractivity contribution in [3.63, 3.8) is 0 Å². The Morgan fingerprint density at radius 2 is 1.95 bits per heavy atom. The lowest BCUT2D eigenvalue weighted by Gasteiger charge is -2.23. The van der Waals surface area contributed by atoms with E-state index in [9.17, 15) is 14.0 Å². The quantitative estimate of drug-likeness (QED) is 0.872. The van der Waals surface area contributed by atoms with E-state index in [1.807, 2.05) is 20.8 Å². The zero-order chi connectivity index (χ0) is 15.1. The van der Waals surface area contributed by atoms with Gasteiger partial charge in [0.15, 0.2) is 0 Å². The van der Waals surface area contributed by atoms with Crippen molar-refractivity contribution >= 4 is 29.0 Å². The molecular formula is C14H16ClFN2O2. The first-order valence-corrected chi connectivity index (χ1v) is 6.69. The van der Waals surface area contributed by atoms with Gasteiger partial charge in [-0.25, -0.2) is 4.39 Å². The number of nitrogens with zero attached hydrogens (tertiary/aromatic N) is 1. The number of fused-ring (bicyclic) bond motifs is 1. The van der Waals surface area contributed by atoms with Gasteiger partial charge in [0, 0.05) is 18.6 Å². The summed E-state index contributed by atoms with van der Waals surface area (Å²) in [5.41, 5.74) is 0.357. The number of amides is 1. The molecule has 108 valence electrons. The van der Waals surface area contributed by atoms with Gasteiger partial charge in [-0.15, -0.1) is 0 Å². The van der Waals surface area contributed by atoms with Gasteiger partial charge in [0.1, 0.15) is 5.82 Å². The molecule has 0 saturated heterocycles. The van der Waals surface area contributed by atoms with Crippen molar-refractivity contribution in [3.8, 4) is 0 Å². The molecule has 1 aliphatic rings. The summed E-state index contributed by atoms with van der Waals surface area (Å²) in [4.78, 5) is 25.0. The highest BCUT2D eigenvalue weighted by molar-refractivity contribution is 6.52. The third-order valence-electron chi connectivity index (χ3n) is 3.00. The van der Waals surface area contributed by atoms with E-state index in [1.165, 1.54) is 11.0 Å². The molecule has 0 fully saturated rings. The molecule has 6 heteroatoms. The molecule has 4 nitrogen and oxygen atoms in total. The first kappa shape index (κ1) is 14.9. The van der Waals surface area contributed by atoms with Crippen LogP contribution < -0.4 is 10.2 Å². The summed E-state index contributed by atoms with van der Waals surface area (Å²) in [6.45, 7) is 6.80. The highest BCUT2D eigenvalue weighted by Crippen LogP contribution is 2.32. The monoisotopic (exact) mass is 298 g/mol. The molecule has 0 saturated carbocycles. The minimum Gasteiger partial charge on any atom is -0.310 e. The summed E-state index contributed by atoms with van der Waals surface area (Å²) in [6.07, 6.45) is 0. The number of carbonyl (C=O) groups excluding carboxylic acids is 2. The number of rotatable bonds is 3. The normalized spacial score (nSPS) is 14.9. The van der Waals surface area contributed by atoms with Crippen LogP contribution in [0.1, 0.15) is 31.1 Å². The Labute approximate surface area is 121 Å². The number of Topliss-reactive ketones (excluding diaryl/α,β-unsaturated/α-hetero) is 1. The molecule has 0 radical (unpaired) electrons. The maximum Gasteiger partial charge on any atom is 0.299 e. The van der Waals surface area contributed by atoms with Crippen LogP contribution in [0.2, 0.25) is 5.02 Å².